The lowest BCUT2D eigenvalue weighted by atomic mass is 10.1. The minimum Gasteiger partial charge on any atom is -0.465 e. The van der Waals surface area contributed by atoms with Crippen LogP contribution in [0, 0.1) is 18.6 Å². The van der Waals surface area contributed by atoms with E-state index in [1.54, 1.807) is 19.1 Å². The Hall–Kier alpha value is -3.29. The van der Waals surface area contributed by atoms with Crippen LogP contribution in [0.1, 0.15) is 26.3 Å². The molecule has 0 heterocycles. The number of ether oxygens (including phenoxy) is 2. The Kier molecular flexibility index (Phi) is 6.00. The zero-order chi connectivity index (χ0) is 19.3. The molecule has 8 heteroatoms. The van der Waals surface area contributed by atoms with Gasteiger partial charge in [0.15, 0.2) is 18.2 Å². The Morgan fingerprint density at radius 2 is 1.62 bits per heavy atom. The average Bonchev–Trinajstić information content (AvgIpc) is 2.63. The summed E-state index contributed by atoms with van der Waals surface area (Å²) in [5.74, 6) is -4.49. The minimum atomic E-state index is -1.20. The van der Waals surface area contributed by atoms with E-state index in [1.165, 1.54) is 13.2 Å². The van der Waals surface area contributed by atoms with Gasteiger partial charge in [0, 0.05) is 5.69 Å². The topological polar surface area (TPSA) is 81.7 Å². The van der Waals surface area contributed by atoms with Crippen molar-refractivity contribution < 1.29 is 32.6 Å². The van der Waals surface area contributed by atoms with Gasteiger partial charge in [-0.15, -0.1) is 0 Å². The third-order valence-electron chi connectivity index (χ3n) is 3.42. The van der Waals surface area contributed by atoms with Gasteiger partial charge in [-0.1, -0.05) is 6.07 Å². The lowest BCUT2D eigenvalue weighted by Crippen LogP contribution is -2.21. The number of rotatable bonds is 5. The van der Waals surface area contributed by atoms with Crippen LogP contribution in [0.3, 0.4) is 0 Å². The highest BCUT2D eigenvalue weighted by atomic mass is 19.2. The first-order valence-electron chi connectivity index (χ1n) is 7.43. The summed E-state index contributed by atoms with van der Waals surface area (Å²) in [4.78, 5) is 35.2. The van der Waals surface area contributed by atoms with E-state index in [1.807, 2.05) is 0 Å². The first-order chi connectivity index (χ1) is 12.3. The average molecular weight is 363 g/mol. The Bertz CT molecular complexity index is 867. The summed E-state index contributed by atoms with van der Waals surface area (Å²) in [5, 5.41) is 2.50. The van der Waals surface area contributed by atoms with Crippen molar-refractivity contribution >= 4 is 23.5 Å². The molecule has 0 atom stereocenters. The Morgan fingerprint density at radius 3 is 2.27 bits per heavy atom. The number of hydrogen-bond acceptors (Lipinski definition) is 5. The number of carbonyl (C=O) groups is 3. The maximum atomic E-state index is 13.1. The molecule has 0 saturated carbocycles. The number of aryl methyl sites for hydroxylation is 1. The van der Waals surface area contributed by atoms with Gasteiger partial charge in [-0.05, 0) is 42.8 Å². The fourth-order valence-corrected chi connectivity index (χ4v) is 2.03. The van der Waals surface area contributed by atoms with Crippen molar-refractivity contribution in [2.75, 3.05) is 19.0 Å². The van der Waals surface area contributed by atoms with Crippen LogP contribution in [0.15, 0.2) is 36.4 Å². The van der Waals surface area contributed by atoms with Crippen molar-refractivity contribution in [1.29, 1.82) is 0 Å². The lowest BCUT2D eigenvalue weighted by Gasteiger charge is -2.10. The highest BCUT2D eigenvalue weighted by Crippen LogP contribution is 2.17. The molecular formula is C18H15F2NO5. The zero-order valence-corrected chi connectivity index (χ0v) is 14.0. The second-order valence-corrected chi connectivity index (χ2v) is 5.27. The van der Waals surface area contributed by atoms with Crippen LogP contribution in [-0.2, 0) is 14.3 Å². The molecule has 0 fully saturated rings. The molecule has 0 aliphatic heterocycles. The second kappa shape index (κ2) is 8.19. The fraction of sp³-hybridized carbons (Fsp3) is 0.167. The van der Waals surface area contributed by atoms with E-state index >= 15 is 0 Å². The van der Waals surface area contributed by atoms with Crippen LogP contribution in [0.2, 0.25) is 0 Å². The maximum absolute atomic E-state index is 13.1. The lowest BCUT2D eigenvalue weighted by molar-refractivity contribution is -0.119. The predicted molar refractivity (Wildman–Crippen MR) is 87.8 cm³/mol. The predicted octanol–water partition coefficient (Wildman–Crippen LogP) is 2.86. The van der Waals surface area contributed by atoms with Gasteiger partial charge in [-0.3, -0.25) is 4.79 Å². The van der Waals surface area contributed by atoms with Gasteiger partial charge < -0.3 is 14.8 Å². The molecular weight excluding hydrogens is 348 g/mol. The Labute approximate surface area is 147 Å². The van der Waals surface area contributed by atoms with Crippen molar-refractivity contribution in [3.63, 3.8) is 0 Å². The number of carbonyl (C=O) groups excluding carboxylic acids is 3. The number of hydrogen-bond donors (Lipinski definition) is 1. The summed E-state index contributed by atoms with van der Waals surface area (Å²) in [7, 11) is 1.23. The summed E-state index contributed by atoms with van der Waals surface area (Å²) in [6, 6.07) is 7.10. The second-order valence-electron chi connectivity index (χ2n) is 5.27. The Balaban J connectivity index is 1.99. The molecule has 0 aromatic heterocycles. The van der Waals surface area contributed by atoms with Crippen molar-refractivity contribution in [3.8, 4) is 0 Å². The summed E-state index contributed by atoms with van der Waals surface area (Å²) >= 11 is 0. The number of halogens is 2. The van der Waals surface area contributed by atoms with Crippen LogP contribution >= 0.6 is 0 Å². The van der Waals surface area contributed by atoms with Crippen molar-refractivity contribution in [2.45, 2.75) is 6.92 Å². The van der Waals surface area contributed by atoms with Crippen LogP contribution in [0.4, 0.5) is 14.5 Å². The molecule has 2 aromatic rings. The molecule has 0 bridgehead atoms. The molecule has 1 N–H and O–H groups in total. The highest BCUT2D eigenvalue weighted by Gasteiger charge is 2.14. The Morgan fingerprint density at radius 1 is 0.962 bits per heavy atom. The van der Waals surface area contributed by atoms with Crippen molar-refractivity contribution in [2.24, 2.45) is 0 Å². The molecule has 0 unspecified atom stereocenters. The van der Waals surface area contributed by atoms with Crippen molar-refractivity contribution in [1.82, 2.24) is 0 Å². The van der Waals surface area contributed by atoms with Gasteiger partial charge in [0.25, 0.3) is 5.91 Å². The summed E-state index contributed by atoms with van der Waals surface area (Å²) < 4.78 is 35.3. The van der Waals surface area contributed by atoms with Crippen LogP contribution in [0.25, 0.3) is 0 Å². The summed E-state index contributed by atoms with van der Waals surface area (Å²) in [6.45, 7) is 1.07. The fourth-order valence-electron chi connectivity index (χ4n) is 2.03. The van der Waals surface area contributed by atoms with Gasteiger partial charge in [-0.2, -0.15) is 0 Å². The quantitative estimate of drug-likeness (QED) is 0.826. The molecule has 0 spiro atoms. The molecule has 0 aliphatic rings. The molecule has 0 aliphatic carbocycles. The molecule has 136 valence electrons. The van der Waals surface area contributed by atoms with Gasteiger partial charge >= 0.3 is 11.9 Å². The molecule has 6 nitrogen and oxygen atoms in total. The number of nitrogens with one attached hydrogen (secondary N) is 1. The van der Waals surface area contributed by atoms with E-state index in [4.69, 9.17) is 4.74 Å². The van der Waals surface area contributed by atoms with E-state index in [0.717, 1.165) is 12.1 Å². The van der Waals surface area contributed by atoms with Gasteiger partial charge in [0.05, 0.1) is 18.2 Å². The number of esters is 2. The molecule has 2 aromatic carbocycles. The third-order valence-corrected chi connectivity index (χ3v) is 3.42. The van der Waals surface area contributed by atoms with Gasteiger partial charge in [-0.25, -0.2) is 18.4 Å². The molecule has 1 amide bonds. The molecule has 2 rings (SSSR count). The molecule has 0 saturated heterocycles. The first kappa shape index (κ1) is 19.0. The largest absolute Gasteiger partial charge is 0.465 e. The van der Waals surface area contributed by atoms with Crippen LogP contribution < -0.4 is 5.32 Å². The molecule has 26 heavy (non-hydrogen) atoms. The van der Waals surface area contributed by atoms with Crippen LogP contribution in [-0.4, -0.2) is 31.6 Å². The molecule has 0 radical (unpaired) electrons. The number of amides is 1. The van der Waals surface area contributed by atoms with E-state index in [0.29, 0.717) is 17.3 Å². The monoisotopic (exact) mass is 363 g/mol. The van der Waals surface area contributed by atoms with Crippen LogP contribution in [0.5, 0.6) is 0 Å². The number of anilines is 1. The maximum Gasteiger partial charge on any atom is 0.338 e. The number of methoxy groups -OCH3 is 1. The highest BCUT2D eigenvalue weighted by molar-refractivity contribution is 5.97. The van der Waals surface area contributed by atoms with E-state index in [2.05, 4.69) is 10.1 Å². The van der Waals surface area contributed by atoms with E-state index in [9.17, 15) is 23.2 Å². The normalized spacial score (nSPS) is 10.2. The smallest absolute Gasteiger partial charge is 0.338 e. The van der Waals surface area contributed by atoms with Crippen molar-refractivity contribution in [3.05, 3.63) is 64.7 Å². The van der Waals surface area contributed by atoms with Gasteiger partial charge in [0.1, 0.15) is 0 Å². The minimum absolute atomic E-state index is 0.222. The summed E-state index contributed by atoms with van der Waals surface area (Å²) in [6.07, 6.45) is 0. The number of benzene rings is 2. The zero-order valence-electron chi connectivity index (χ0n) is 14.0. The van der Waals surface area contributed by atoms with E-state index < -0.39 is 36.1 Å². The van der Waals surface area contributed by atoms with E-state index in [-0.39, 0.29) is 11.1 Å². The van der Waals surface area contributed by atoms with Gasteiger partial charge in [0.2, 0.25) is 0 Å². The SMILES string of the molecule is COC(=O)c1ccc(C)c(NC(=O)COC(=O)c2ccc(F)c(F)c2)c1. The first-order valence-corrected chi connectivity index (χ1v) is 7.43. The third kappa shape index (κ3) is 4.62. The standard InChI is InChI=1S/C18H15F2NO5/c1-10-3-4-12(17(23)25-2)8-15(10)21-16(22)9-26-18(24)11-5-6-13(19)14(20)7-11/h3-8H,9H2,1-2H3,(H,21,22). The summed E-state index contributed by atoms with van der Waals surface area (Å²) in [5.41, 5.74) is 1.05.